The van der Waals surface area contributed by atoms with Crippen molar-refractivity contribution in [3.63, 3.8) is 0 Å². The summed E-state index contributed by atoms with van der Waals surface area (Å²) in [4.78, 5) is 34.3. The van der Waals surface area contributed by atoms with Crippen molar-refractivity contribution in [1.82, 2.24) is 20.0 Å². The first-order chi connectivity index (χ1) is 20.8. The largest absolute Gasteiger partial charge is 0.369 e. The van der Waals surface area contributed by atoms with Gasteiger partial charge in [-0.15, -0.1) is 0 Å². The average molecular weight is 594 g/mol. The van der Waals surface area contributed by atoms with Crippen LogP contribution in [0.25, 0.3) is 0 Å². The van der Waals surface area contributed by atoms with Crippen LogP contribution in [0.4, 0.5) is 4.39 Å². The van der Waals surface area contributed by atoms with E-state index >= 15 is 4.39 Å². The Morgan fingerprint density at radius 3 is 2.60 bits per heavy atom. The zero-order valence-corrected chi connectivity index (χ0v) is 25.7. The van der Waals surface area contributed by atoms with Gasteiger partial charge in [0.2, 0.25) is 0 Å². The summed E-state index contributed by atoms with van der Waals surface area (Å²) >= 11 is 0. The maximum absolute atomic E-state index is 16.2. The molecule has 0 radical (unpaired) electrons. The van der Waals surface area contributed by atoms with Crippen LogP contribution < -0.4 is 11.1 Å². The van der Waals surface area contributed by atoms with Gasteiger partial charge in [-0.25, -0.2) is 4.39 Å². The molecule has 8 nitrogen and oxygen atoms in total. The molecule has 1 amide bonds. The maximum Gasteiger partial charge on any atom is 0.256 e. The number of halogens is 1. The summed E-state index contributed by atoms with van der Waals surface area (Å²) in [5.41, 5.74) is 8.59. The lowest BCUT2D eigenvalue weighted by Gasteiger charge is -2.61. The molecule has 10 atom stereocenters. The highest BCUT2D eigenvalue weighted by molar-refractivity contribution is 6.20. The number of rotatable bonds is 6. The number of carbonyl (C=O) groups is 2. The number of nitrogens with two attached hydrogens (primary N) is 1. The fraction of sp³-hybridized carbons (Fsp3) is 0.706. The third-order valence-electron chi connectivity index (χ3n) is 11.3. The number of fused-ring (bicyclic) bond motifs is 3. The topological polar surface area (TPSA) is 91.1 Å². The monoisotopic (exact) mass is 593 g/mol. The molecule has 3 N–H and O–H groups in total. The van der Waals surface area contributed by atoms with Gasteiger partial charge in [-0.05, 0) is 62.7 Å². The van der Waals surface area contributed by atoms with Crippen molar-refractivity contribution in [3.8, 4) is 0 Å². The van der Waals surface area contributed by atoms with Crippen LogP contribution in [0.1, 0.15) is 62.5 Å². The van der Waals surface area contributed by atoms with E-state index in [-0.39, 0.29) is 47.9 Å². The third kappa shape index (κ3) is 5.55. The molecule has 3 heterocycles. The summed E-state index contributed by atoms with van der Waals surface area (Å²) in [5, 5.41) is 3.02. The Morgan fingerprint density at radius 1 is 1.09 bits per heavy atom. The number of ketones is 1. The van der Waals surface area contributed by atoms with Crippen LogP contribution in [-0.2, 0) is 27.4 Å². The van der Waals surface area contributed by atoms with Gasteiger partial charge in [0.25, 0.3) is 5.91 Å². The summed E-state index contributed by atoms with van der Waals surface area (Å²) in [6.45, 7) is 2.57. The molecule has 0 bridgehead atoms. The summed E-state index contributed by atoms with van der Waals surface area (Å²) < 4.78 is 23.2. The van der Waals surface area contributed by atoms with Crippen LogP contribution in [-0.4, -0.2) is 96.1 Å². The van der Waals surface area contributed by atoms with Crippen molar-refractivity contribution in [2.45, 2.75) is 107 Å². The molecule has 2 saturated heterocycles. The van der Waals surface area contributed by atoms with Crippen LogP contribution in [0.2, 0.25) is 0 Å². The molecule has 1 aromatic rings. The van der Waals surface area contributed by atoms with E-state index in [1.165, 1.54) is 31.2 Å². The molecule has 1 aromatic carbocycles. The molecule has 10 unspecified atom stereocenters. The van der Waals surface area contributed by atoms with E-state index < -0.39 is 24.2 Å². The molecule has 3 aliphatic heterocycles. The minimum atomic E-state index is -1.20. The number of amides is 1. The third-order valence-corrected chi connectivity index (χ3v) is 11.3. The summed E-state index contributed by atoms with van der Waals surface area (Å²) in [7, 11) is 4.06. The lowest BCUT2D eigenvalue weighted by atomic mass is 9.64. The van der Waals surface area contributed by atoms with Gasteiger partial charge < -0.3 is 25.6 Å². The molecule has 43 heavy (non-hydrogen) atoms. The smallest absolute Gasteiger partial charge is 0.256 e. The van der Waals surface area contributed by atoms with Crippen molar-refractivity contribution in [1.29, 1.82) is 0 Å². The zero-order valence-electron chi connectivity index (χ0n) is 25.7. The van der Waals surface area contributed by atoms with Gasteiger partial charge in [0.05, 0.1) is 35.9 Å². The highest BCUT2D eigenvalue weighted by Crippen LogP contribution is 2.51. The van der Waals surface area contributed by atoms with Crippen LogP contribution in [0, 0.1) is 17.8 Å². The standard InChI is InChI=1S/C34H48FN5O3/c1-38(2)17-21-7-5-6-20(12-21)16-37-34(42)26-19-40-28-13-22-8-3-4-9-23(22)14-29(28)43-33-30(40)25(32(26)41)15-27(35)31(33)39-11-10-24(36)18-39/h5-7,12,19,22-25,27-31,33H,3-4,8-11,13-18,36H2,1-2H3,(H,37,42). The lowest BCUT2D eigenvalue weighted by molar-refractivity contribution is -0.219. The van der Waals surface area contributed by atoms with Crippen LogP contribution in [0.5, 0.6) is 0 Å². The van der Waals surface area contributed by atoms with Gasteiger partial charge in [-0.3, -0.25) is 14.5 Å². The number of ether oxygens (including phenoxy) is 1. The molecule has 3 aliphatic carbocycles. The van der Waals surface area contributed by atoms with E-state index in [9.17, 15) is 9.59 Å². The number of hydrogen-bond donors (Lipinski definition) is 2. The number of benzene rings is 1. The first-order valence-electron chi connectivity index (χ1n) is 16.6. The van der Waals surface area contributed by atoms with Crippen molar-refractivity contribution in [3.05, 3.63) is 47.2 Å². The quantitative estimate of drug-likeness (QED) is 0.490. The Bertz CT molecular complexity index is 1260. The second-order valence-corrected chi connectivity index (χ2v) is 14.5. The Labute approximate surface area is 255 Å². The Morgan fingerprint density at radius 2 is 1.86 bits per heavy atom. The van der Waals surface area contributed by atoms with Crippen molar-refractivity contribution >= 4 is 11.7 Å². The van der Waals surface area contributed by atoms with Crippen molar-refractivity contribution in [2.75, 3.05) is 27.2 Å². The maximum atomic E-state index is 16.2. The van der Waals surface area contributed by atoms with Gasteiger partial charge >= 0.3 is 0 Å². The van der Waals surface area contributed by atoms with Crippen LogP contribution in [0.3, 0.4) is 0 Å². The number of nitrogens with one attached hydrogen (secondary N) is 1. The number of nitrogens with zero attached hydrogens (tertiary/aromatic N) is 3. The SMILES string of the molecule is CN(C)Cc1cccc(CNC(=O)C2=CN3C4CC5CCCCC5CC4OC4C(N5CCC(N)C5)C(F)CC(C2=O)C43)c1. The molecular weight excluding hydrogens is 545 g/mol. The zero-order chi connectivity index (χ0) is 29.8. The molecule has 0 aromatic heterocycles. The van der Waals surface area contributed by atoms with E-state index in [0.29, 0.717) is 24.9 Å². The number of alkyl halides is 1. The predicted octanol–water partition coefficient (Wildman–Crippen LogP) is 3.00. The lowest BCUT2D eigenvalue weighted by Crippen LogP contribution is -2.73. The van der Waals surface area contributed by atoms with Gasteiger partial charge in [0, 0.05) is 44.3 Å². The van der Waals surface area contributed by atoms with E-state index in [1.54, 1.807) is 0 Å². The number of hydrogen-bond acceptors (Lipinski definition) is 7. The molecule has 6 aliphatic rings. The summed E-state index contributed by atoms with van der Waals surface area (Å²) in [5.74, 6) is 0.100. The van der Waals surface area contributed by atoms with Crippen molar-refractivity contribution < 1.29 is 18.7 Å². The van der Waals surface area contributed by atoms with Crippen LogP contribution >= 0.6 is 0 Å². The minimum absolute atomic E-state index is 0.0153. The Kier molecular flexibility index (Phi) is 8.12. The molecule has 0 spiro atoms. The molecule has 5 fully saturated rings. The van der Waals surface area contributed by atoms with E-state index in [0.717, 1.165) is 37.9 Å². The minimum Gasteiger partial charge on any atom is -0.369 e. The number of morpholine rings is 1. The van der Waals surface area contributed by atoms with E-state index in [4.69, 9.17) is 10.5 Å². The summed E-state index contributed by atoms with van der Waals surface area (Å²) in [6.07, 6.45) is 8.21. The van der Waals surface area contributed by atoms with Gasteiger partial charge in [0.1, 0.15) is 6.17 Å². The first-order valence-corrected chi connectivity index (χ1v) is 16.6. The molecule has 7 rings (SSSR count). The van der Waals surface area contributed by atoms with Gasteiger partial charge in [-0.1, -0.05) is 49.9 Å². The first kappa shape index (κ1) is 29.4. The number of Topliss-reactive ketones (excluding diaryl/α,β-unsaturated/α-hetero) is 1. The number of likely N-dealkylation sites (tertiary alicyclic amines) is 1. The molecular formula is C34H48FN5O3. The highest BCUT2D eigenvalue weighted by atomic mass is 19.1. The fourth-order valence-electron chi connectivity index (χ4n) is 9.43. The normalized spacial score (nSPS) is 39.1. The van der Waals surface area contributed by atoms with Gasteiger partial charge in [0.15, 0.2) is 5.78 Å². The molecule has 3 saturated carbocycles. The highest BCUT2D eigenvalue weighted by Gasteiger charge is 2.60. The second-order valence-electron chi connectivity index (χ2n) is 14.5. The Balaban J connectivity index is 1.17. The second kappa shape index (κ2) is 11.9. The fourth-order valence-corrected chi connectivity index (χ4v) is 9.43. The predicted molar refractivity (Wildman–Crippen MR) is 162 cm³/mol. The van der Waals surface area contributed by atoms with E-state index in [1.807, 2.05) is 32.4 Å². The molecule has 234 valence electrons. The summed E-state index contributed by atoms with van der Waals surface area (Å²) in [6, 6.07) is 7.65. The number of carbonyl (C=O) groups excluding carboxylic acids is 2. The van der Waals surface area contributed by atoms with Crippen molar-refractivity contribution in [2.24, 2.45) is 23.5 Å². The average Bonchev–Trinajstić information content (AvgIpc) is 3.41. The Hall–Kier alpha value is -2.33. The van der Waals surface area contributed by atoms with Gasteiger partial charge in [-0.2, -0.15) is 0 Å². The van der Waals surface area contributed by atoms with E-state index in [2.05, 4.69) is 32.1 Å². The van der Waals surface area contributed by atoms with Crippen LogP contribution in [0.15, 0.2) is 36.0 Å². The molecule has 9 heteroatoms.